The molecule has 1 aromatic carbocycles. The van der Waals surface area contributed by atoms with Crippen LogP contribution in [0.1, 0.15) is 10.7 Å². The van der Waals surface area contributed by atoms with E-state index in [-0.39, 0.29) is 0 Å². The lowest BCUT2D eigenvalue weighted by molar-refractivity contribution is 0.987. The van der Waals surface area contributed by atoms with Gasteiger partial charge in [-0.3, -0.25) is 0 Å². The van der Waals surface area contributed by atoms with E-state index in [0.29, 0.717) is 0 Å². The van der Waals surface area contributed by atoms with Gasteiger partial charge in [-0.25, -0.2) is 4.98 Å². The lowest BCUT2D eigenvalue weighted by Crippen LogP contribution is -1.89. The Bertz CT molecular complexity index is 671. The molecule has 0 aliphatic heterocycles. The van der Waals surface area contributed by atoms with Gasteiger partial charge in [0.05, 0.1) is 26.6 Å². The van der Waals surface area contributed by atoms with Crippen molar-refractivity contribution in [1.29, 1.82) is 0 Å². The molecule has 0 radical (unpaired) electrons. The molecule has 3 aromatic rings. The van der Waals surface area contributed by atoms with Gasteiger partial charge < -0.3 is 0 Å². The first kappa shape index (κ1) is 10.4. The Morgan fingerprint density at radius 1 is 1.00 bits per heavy atom. The highest BCUT2D eigenvalue weighted by molar-refractivity contribution is 7.18. The number of aromatic nitrogens is 3. The normalized spacial score (nSPS) is 10.9. The SMILES string of the molecule is Cc1ccc(-c2ccc3sc(C)nc3c2)nn1. The summed E-state index contributed by atoms with van der Waals surface area (Å²) >= 11 is 1.71. The standard InChI is InChI=1S/C13H11N3S/c1-8-3-5-11(16-15-8)10-4-6-13-12(7-10)14-9(2)17-13/h3-7H,1-2H3. The lowest BCUT2D eigenvalue weighted by atomic mass is 10.1. The molecule has 0 aliphatic carbocycles. The number of thiazole rings is 1. The molecule has 84 valence electrons. The van der Waals surface area contributed by atoms with Crippen molar-refractivity contribution in [3.8, 4) is 11.3 Å². The van der Waals surface area contributed by atoms with E-state index >= 15 is 0 Å². The van der Waals surface area contributed by atoms with Crippen molar-refractivity contribution in [2.24, 2.45) is 0 Å². The Kier molecular flexibility index (Phi) is 2.37. The zero-order chi connectivity index (χ0) is 11.8. The van der Waals surface area contributed by atoms with Crippen LogP contribution in [0.15, 0.2) is 30.3 Å². The Hall–Kier alpha value is -1.81. The second-order valence-corrected chi connectivity index (χ2v) is 5.21. The molecule has 0 amide bonds. The molecule has 3 nitrogen and oxygen atoms in total. The number of rotatable bonds is 1. The highest BCUT2D eigenvalue weighted by Crippen LogP contribution is 2.26. The molecule has 17 heavy (non-hydrogen) atoms. The third-order valence-electron chi connectivity index (χ3n) is 2.59. The minimum Gasteiger partial charge on any atom is -0.241 e. The molecule has 0 aliphatic rings. The van der Waals surface area contributed by atoms with Crippen LogP contribution in [0.4, 0.5) is 0 Å². The molecule has 3 rings (SSSR count). The van der Waals surface area contributed by atoms with E-state index in [4.69, 9.17) is 0 Å². The monoisotopic (exact) mass is 241 g/mol. The van der Waals surface area contributed by atoms with Crippen molar-refractivity contribution in [3.63, 3.8) is 0 Å². The van der Waals surface area contributed by atoms with E-state index in [9.17, 15) is 0 Å². The molecule has 2 heterocycles. The summed E-state index contributed by atoms with van der Waals surface area (Å²) in [4.78, 5) is 4.49. The Morgan fingerprint density at radius 2 is 1.88 bits per heavy atom. The van der Waals surface area contributed by atoms with Gasteiger partial charge in [-0.15, -0.1) is 11.3 Å². The van der Waals surface area contributed by atoms with Gasteiger partial charge in [0.15, 0.2) is 0 Å². The Balaban J connectivity index is 2.13. The Labute approximate surface area is 103 Å². The van der Waals surface area contributed by atoms with Crippen molar-refractivity contribution < 1.29 is 0 Å². The predicted octanol–water partition coefficient (Wildman–Crippen LogP) is 3.37. The molecule has 0 spiro atoms. The van der Waals surface area contributed by atoms with Crippen LogP contribution in [0.5, 0.6) is 0 Å². The molecule has 2 aromatic heterocycles. The summed E-state index contributed by atoms with van der Waals surface area (Å²) in [6, 6.07) is 10.2. The van der Waals surface area contributed by atoms with Gasteiger partial charge >= 0.3 is 0 Å². The van der Waals surface area contributed by atoms with Crippen LogP contribution in [-0.2, 0) is 0 Å². The van der Waals surface area contributed by atoms with Crippen LogP contribution in [0.3, 0.4) is 0 Å². The average Bonchev–Trinajstić information content (AvgIpc) is 2.69. The van der Waals surface area contributed by atoms with Gasteiger partial charge in [0.2, 0.25) is 0 Å². The van der Waals surface area contributed by atoms with Gasteiger partial charge in [-0.2, -0.15) is 10.2 Å². The number of benzene rings is 1. The van der Waals surface area contributed by atoms with E-state index in [1.165, 1.54) is 4.70 Å². The highest BCUT2D eigenvalue weighted by atomic mass is 32.1. The van der Waals surface area contributed by atoms with E-state index in [2.05, 4.69) is 33.4 Å². The summed E-state index contributed by atoms with van der Waals surface area (Å²) in [7, 11) is 0. The minimum atomic E-state index is 0.892. The molecular weight excluding hydrogens is 230 g/mol. The lowest BCUT2D eigenvalue weighted by Gasteiger charge is -1.99. The predicted molar refractivity (Wildman–Crippen MR) is 70.1 cm³/mol. The molecule has 0 saturated heterocycles. The summed E-state index contributed by atoms with van der Waals surface area (Å²) in [5.41, 5.74) is 3.92. The number of fused-ring (bicyclic) bond motifs is 1. The summed E-state index contributed by atoms with van der Waals surface area (Å²) < 4.78 is 1.21. The number of nitrogens with zero attached hydrogens (tertiary/aromatic N) is 3. The molecule has 0 atom stereocenters. The first-order valence-electron chi connectivity index (χ1n) is 5.40. The number of hydrogen-bond acceptors (Lipinski definition) is 4. The first-order chi connectivity index (χ1) is 8.22. The number of hydrogen-bond donors (Lipinski definition) is 0. The fourth-order valence-electron chi connectivity index (χ4n) is 1.75. The van der Waals surface area contributed by atoms with E-state index < -0.39 is 0 Å². The van der Waals surface area contributed by atoms with Crippen LogP contribution in [0.2, 0.25) is 0 Å². The molecule has 0 unspecified atom stereocenters. The van der Waals surface area contributed by atoms with Crippen LogP contribution in [-0.4, -0.2) is 15.2 Å². The van der Waals surface area contributed by atoms with Crippen molar-refractivity contribution in [2.75, 3.05) is 0 Å². The zero-order valence-electron chi connectivity index (χ0n) is 9.64. The third kappa shape index (κ3) is 1.91. The molecule has 4 heteroatoms. The van der Waals surface area contributed by atoms with Gasteiger partial charge in [0.25, 0.3) is 0 Å². The van der Waals surface area contributed by atoms with Gasteiger partial charge in [0.1, 0.15) is 0 Å². The molecule has 0 bridgehead atoms. The maximum atomic E-state index is 4.49. The van der Waals surface area contributed by atoms with Crippen molar-refractivity contribution in [1.82, 2.24) is 15.2 Å². The first-order valence-corrected chi connectivity index (χ1v) is 6.22. The molecule has 0 saturated carbocycles. The van der Waals surface area contributed by atoms with Gasteiger partial charge in [0, 0.05) is 5.56 Å². The maximum absolute atomic E-state index is 4.49. The van der Waals surface area contributed by atoms with Gasteiger partial charge in [-0.05, 0) is 38.1 Å². The quantitative estimate of drug-likeness (QED) is 0.655. The van der Waals surface area contributed by atoms with Gasteiger partial charge in [-0.1, -0.05) is 6.07 Å². The average molecular weight is 241 g/mol. The molecule has 0 fully saturated rings. The van der Waals surface area contributed by atoms with Crippen LogP contribution in [0.25, 0.3) is 21.5 Å². The van der Waals surface area contributed by atoms with E-state index in [1.54, 1.807) is 11.3 Å². The molecule has 0 N–H and O–H groups in total. The topological polar surface area (TPSA) is 38.7 Å². The zero-order valence-corrected chi connectivity index (χ0v) is 10.5. The summed E-state index contributed by atoms with van der Waals surface area (Å²) in [5.74, 6) is 0. The maximum Gasteiger partial charge on any atom is 0.0930 e. The third-order valence-corrected chi connectivity index (χ3v) is 3.54. The summed E-state index contributed by atoms with van der Waals surface area (Å²) in [6.45, 7) is 3.96. The largest absolute Gasteiger partial charge is 0.241 e. The van der Waals surface area contributed by atoms with Crippen LogP contribution in [0, 0.1) is 13.8 Å². The fraction of sp³-hybridized carbons (Fsp3) is 0.154. The van der Waals surface area contributed by atoms with Crippen molar-refractivity contribution in [2.45, 2.75) is 13.8 Å². The second kappa shape index (κ2) is 3.89. The summed E-state index contributed by atoms with van der Waals surface area (Å²) in [6.07, 6.45) is 0. The van der Waals surface area contributed by atoms with E-state index in [1.807, 2.05) is 26.0 Å². The van der Waals surface area contributed by atoms with Crippen LogP contribution >= 0.6 is 11.3 Å². The van der Waals surface area contributed by atoms with Crippen molar-refractivity contribution >= 4 is 21.6 Å². The fourth-order valence-corrected chi connectivity index (χ4v) is 2.56. The number of aryl methyl sites for hydroxylation is 2. The second-order valence-electron chi connectivity index (χ2n) is 3.98. The smallest absolute Gasteiger partial charge is 0.0930 e. The highest BCUT2D eigenvalue weighted by Gasteiger charge is 2.04. The molecular formula is C13H11N3S. The van der Waals surface area contributed by atoms with Crippen molar-refractivity contribution in [3.05, 3.63) is 41.0 Å². The minimum absolute atomic E-state index is 0.892. The summed E-state index contributed by atoms with van der Waals surface area (Å²) in [5, 5.41) is 9.35. The van der Waals surface area contributed by atoms with Crippen LogP contribution < -0.4 is 0 Å². The van der Waals surface area contributed by atoms with E-state index in [0.717, 1.165) is 27.5 Å². The Morgan fingerprint density at radius 3 is 2.65 bits per heavy atom.